The number of nitrogen functional groups attached to an aromatic ring is 1. The SMILES string of the molecule is Nc1cc2c(O)c(N=Nc3ccc(N=Nc4ccc(N=Nc5ccc6c(c5)C(=O)NC6=O)c5ccc(S(=O)(=O)O)cc45)c4ccc(S(=O)(=O)O)cc34)c(SOOO)cc2cc1S(=O)(=O)O. The summed E-state index contributed by atoms with van der Waals surface area (Å²) in [5, 5.41) is 51.9. The van der Waals surface area contributed by atoms with E-state index in [1.807, 2.05) is 0 Å². The van der Waals surface area contributed by atoms with Gasteiger partial charge in [-0.25, -0.2) is 5.26 Å². The summed E-state index contributed by atoms with van der Waals surface area (Å²) in [5.41, 5.74) is 5.80. The summed E-state index contributed by atoms with van der Waals surface area (Å²) in [4.78, 5) is 22.3. The van der Waals surface area contributed by atoms with Gasteiger partial charge in [-0.15, -0.1) is 29.9 Å². The Bertz CT molecular complexity index is 3680. The first kappa shape index (κ1) is 44.4. The molecule has 0 unspecified atom stereocenters. The Balaban J connectivity index is 1.22. The van der Waals surface area contributed by atoms with E-state index in [4.69, 9.17) is 11.0 Å². The Hall–Kier alpha value is -7.18. The van der Waals surface area contributed by atoms with Gasteiger partial charge >= 0.3 is 0 Å². The molecule has 1 aliphatic heterocycles. The zero-order valence-corrected chi connectivity index (χ0v) is 35.2. The van der Waals surface area contributed by atoms with Crippen LogP contribution in [0.15, 0.2) is 147 Å². The molecule has 0 saturated heterocycles. The molecule has 7 aromatic carbocycles. The molecule has 8 rings (SSSR count). The Morgan fingerprint density at radius 1 is 0.554 bits per heavy atom. The van der Waals surface area contributed by atoms with E-state index < -0.39 is 68.3 Å². The van der Waals surface area contributed by atoms with Crippen LogP contribution >= 0.6 is 12.0 Å². The van der Waals surface area contributed by atoms with Crippen LogP contribution in [0.5, 0.6) is 5.75 Å². The van der Waals surface area contributed by atoms with Crippen molar-refractivity contribution in [1.29, 1.82) is 0 Å². The topological polar surface area (TPSA) is 368 Å². The molecule has 2 amide bonds. The van der Waals surface area contributed by atoms with E-state index in [1.165, 1.54) is 60.7 Å². The van der Waals surface area contributed by atoms with Gasteiger partial charge in [0.15, 0.2) is 5.75 Å². The van der Waals surface area contributed by atoms with E-state index in [9.17, 15) is 53.6 Å². The maximum Gasteiger partial charge on any atom is 0.296 e. The molecule has 1 heterocycles. The number of phenols is 1. The summed E-state index contributed by atoms with van der Waals surface area (Å²) in [6, 6.07) is 20.1. The summed E-state index contributed by atoms with van der Waals surface area (Å²) in [6.07, 6.45) is 0. The van der Waals surface area contributed by atoms with Gasteiger partial charge in [0.25, 0.3) is 42.2 Å². The van der Waals surface area contributed by atoms with Crippen LogP contribution in [-0.4, -0.2) is 61.1 Å². The van der Waals surface area contributed by atoms with Crippen LogP contribution in [0, 0.1) is 0 Å². The minimum Gasteiger partial charge on any atom is -0.505 e. The van der Waals surface area contributed by atoms with Crippen molar-refractivity contribution in [2.75, 3.05) is 5.73 Å². The molecular weight excluding hydrogens is 937 g/mol. The zero-order chi connectivity index (χ0) is 46.6. The van der Waals surface area contributed by atoms with Crippen molar-refractivity contribution in [1.82, 2.24) is 5.32 Å². The van der Waals surface area contributed by atoms with Crippen molar-refractivity contribution in [3.63, 3.8) is 0 Å². The number of nitrogens with zero attached hydrogens (tertiary/aromatic N) is 6. The van der Waals surface area contributed by atoms with Crippen molar-refractivity contribution >= 4 is 126 Å². The molecule has 0 bridgehead atoms. The third-order valence-corrected chi connectivity index (χ3v) is 12.8. The number of hydrogen-bond acceptors (Lipinski definition) is 20. The van der Waals surface area contributed by atoms with Gasteiger partial charge in [-0.3, -0.25) is 28.6 Å². The van der Waals surface area contributed by atoms with Crippen LogP contribution in [0.2, 0.25) is 0 Å². The molecule has 1 aliphatic rings. The van der Waals surface area contributed by atoms with Crippen LogP contribution < -0.4 is 11.1 Å². The van der Waals surface area contributed by atoms with E-state index in [-0.39, 0.29) is 82.5 Å². The maximum absolute atomic E-state index is 12.2. The van der Waals surface area contributed by atoms with Gasteiger partial charge in [-0.1, -0.05) is 17.2 Å². The second-order valence-corrected chi connectivity index (χ2v) is 18.5. The van der Waals surface area contributed by atoms with Crippen molar-refractivity contribution in [3.8, 4) is 5.75 Å². The number of benzene rings is 7. The second-order valence-electron chi connectivity index (χ2n) is 13.6. The fourth-order valence-electron chi connectivity index (χ4n) is 6.63. The molecule has 0 spiro atoms. The average Bonchev–Trinajstić information content (AvgIpc) is 3.54. The first-order valence-corrected chi connectivity index (χ1v) is 22.8. The molecule has 7 aromatic rings. The second kappa shape index (κ2) is 16.7. The van der Waals surface area contributed by atoms with Gasteiger partial charge in [0.1, 0.15) is 10.6 Å². The number of anilines is 1. The summed E-state index contributed by atoms with van der Waals surface area (Å²) >= 11 is 0.304. The number of carbonyl (C=O) groups is 2. The molecule has 330 valence electrons. The molecule has 8 N–H and O–H groups in total. The first-order valence-electron chi connectivity index (χ1n) is 17.8. The van der Waals surface area contributed by atoms with E-state index in [0.29, 0.717) is 12.0 Å². The third kappa shape index (κ3) is 8.86. The van der Waals surface area contributed by atoms with Crippen molar-refractivity contribution in [2.45, 2.75) is 19.6 Å². The minimum absolute atomic E-state index is 0.00877. The lowest BCUT2D eigenvalue weighted by atomic mass is 10.1. The van der Waals surface area contributed by atoms with Crippen LogP contribution in [0.25, 0.3) is 32.3 Å². The number of fused-ring (bicyclic) bond motifs is 4. The Labute approximate surface area is 368 Å². The molecule has 0 saturated carbocycles. The average molecular weight is 961 g/mol. The van der Waals surface area contributed by atoms with E-state index in [0.717, 1.165) is 36.4 Å². The van der Waals surface area contributed by atoms with Gasteiger partial charge in [0.2, 0.25) is 0 Å². The molecule has 0 fully saturated rings. The standard InChI is InChI=1S/C38H24N8O15S4/c39-28-16-24-17(12-34(28)65(57,58)59)11-33(62-61-60-50)35(36(24)47)46-45-32-10-8-30(22-6-3-20(15-26(22)32)64(54,55)56)43-44-31-9-7-29(21-5-2-19(14-25(21)31)63(51,52)53)42-41-18-1-4-23-27(13-18)38(49)40-37(23)48/h1-16,47,50H,39H2,(H,40,48,49)(H,51,52,53)(H,54,55,56)(H,57,58,59). The van der Waals surface area contributed by atoms with Crippen molar-refractivity contribution in [2.24, 2.45) is 30.7 Å². The zero-order valence-electron chi connectivity index (χ0n) is 31.9. The smallest absolute Gasteiger partial charge is 0.296 e. The first-order chi connectivity index (χ1) is 30.7. The van der Waals surface area contributed by atoms with E-state index in [1.54, 1.807) is 0 Å². The van der Waals surface area contributed by atoms with Crippen LogP contribution in [-0.2, 0) is 39.7 Å². The summed E-state index contributed by atoms with van der Waals surface area (Å²) in [7, 11) is -14.3. The lowest BCUT2D eigenvalue weighted by molar-refractivity contribution is -0.432. The number of aromatic hydroxyl groups is 1. The molecule has 23 nitrogen and oxygen atoms in total. The number of hydrogen-bond donors (Lipinski definition) is 7. The highest BCUT2D eigenvalue weighted by Gasteiger charge is 2.27. The van der Waals surface area contributed by atoms with E-state index >= 15 is 0 Å². The van der Waals surface area contributed by atoms with Gasteiger partial charge < -0.3 is 10.8 Å². The largest absolute Gasteiger partial charge is 0.505 e. The Morgan fingerprint density at radius 3 is 1.62 bits per heavy atom. The van der Waals surface area contributed by atoms with Gasteiger partial charge in [0.05, 0.1) is 72.0 Å². The van der Waals surface area contributed by atoms with E-state index in [2.05, 4.69) is 45.4 Å². The van der Waals surface area contributed by atoms with Crippen molar-refractivity contribution < 1.29 is 68.2 Å². The number of amides is 2. The van der Waals surface area contributed by atoms with Crippen molar-refractivity contribution in [3.05, 3.63) is 108 Å². The predicted octanol–water partition coefficient (Wildman–Crippen LogP) is 8.73. The number of nitrogens with two attached hydrogens (primary N) is 1. The number of nitrogens with one attached hydrogen (secondary N) is 1. The molecule has 0 aliphatic carbocycles. The number of phenolic OH excluding ortho intramolecular Hbond substituents is 1. The van der Waals surface area contributed by atoms with Crippen LogP contribution in [0.1, 0.15) is 20.7 Å². The molecular formula is C38H24N8O15S4. The lowest BCUT2D eigenvalue weighted by Gasteiger charge is -2.12. The highest BCUT2D eigenvalue weighted by Crippen LogP contribution is 2.46. The molecule has 27 heteroatoms. The molecule has 0 atom stereocenters. The van der Waals surface area contributed by atoms with Crippen LogP contribution in [0.3, 0.4) is 0 Å². The van der Waals surface area contributed by atoms with Crippen LogP contribution in [0.4, 0.5) is 39.8 Å². The fraction of sp³-hybridized carbons (Fsp3) is 0. The fourth-order valence-corrected chi connectivity index (χ4v) is 8.77. The third-order valence-electron chi connectivity index (χ3n) is 9.61. The monoisotopic (exact) mass is 960 g/mol. The van der Waals surface area contributed by atoms with Gasteiger partial charge in [-0.2, -0.15) is 30.4 Å². The Kier molecular flexibility index (Phi) is 11.4. The molecule has 65 heavy (non-hydrogen) atoms. The summed E-state index contributed by atoms with van der Waals surface area (Å²) in [6.45, 7) is 0. The molecule has 0 radical (unpaired) electrons. The quantitative estimate of drug-likeness (QED) is 0.0114. The Morgan fingerprint density at radius 2 is 1.08 bits per heavy atom. The van der Waals surface area contributed by atoms with Gasteiger partial charge in [-0.05, 0) is 90.3 Å². The highest BCUT2D eigenvalue weighted by molar-refractivity contribution is 7.94. The molecule has 0 aromatic heterocycles. The number of carbonyl (C=O) groups excluding carboxylic acids is 2. The maximum atomic E-state index is 12.2. The van der Waals surface area contributed by atoms with Gasteiger partial charge in [0, 0.05) is 26.9 Å². The normalized spacial score (nSPS) is 13.6. The lowest BCUT2D eigenvalue weighted by Crippen LogP contribution is -2.19. The number of rotatable bonds is 12. The highest BCUT2D eigenvalue weighted by atomic mass is 32.2. The number of imide groups is 1. The minimum atomic E-state index is -4.80. The summed E-state index contributed by atoms with van der Waals surface area (Å²) in [5.74, 6) is -1.79. The summed E-state index contributed by atoms with van der Waals surface area (Å²) < 4.78 is 107. The number of azo groups is 3. The predicted molar refractivity (Wildman–Crippen MR) is 229 cm³/mol.